The first-order valence-electron chi connectivity index (χ1n) is 8.52. The van der Waals surface area contributed by atoms with Crippen LogP contribution >= 0.6 is 11.6 Å². The number of carbonyl (C=O) groups excluding carboxylic acids is 1. The summed E-state index contributed by atoms with van der Waals surface area (Å²) in [4.78, 5) is 12.0. The minimum atomic E-state index is -1.13. The molecule has 2 rings (SSSR count). The highest BCUT2D eigenvalue weighted by Crippen LogP contribution is 2.15. The molecule has 0 saturated heterocycles. The standard InChI is InChI=1S/C19H24ClNO4S/c1-14(2)24-11-3-10-21-19(22)18-9-8-17(25-18)13-26(23)12-15-4-6-16(20)7-5-15/h4-9,14H,3,10-13H2,1-2H3,(H,21,22). The Morgan fingerprint density at radius 2 is 1.92 bits per heavy atom. The molecule has 1 heterocycles. The highest BCUT2D eigenvalue weighted by molar-refractivity contribution is 7.83. The lowest BCUT2D eigenvalue weighted by Gasteiger charge is -2.07. The van der Waals surface area contributed by atoms with Gasteiger partial charge in [0, 0.05) is 34.7 Å². The third-order valence-electron chi connectivity index (χ3n) is 3.49. The summed E-state index contributed by atoms with van der Waals surface area (Å²) >= 11 is 5.84. The van der Waals surface area contributed by atoms with Gasteiger partial charge in [-0.3, -0.25) is 9.00 Å². The minimum absolute atomic E-state index is 0.187. The summed E-state index contributed by atoms with van der Waals surface area (Å²) in [5.41, 5.74) is 0.945. The molecule has 26 heavy (non-hydrogen) atoms. The highest BCUT2D eigenvalue weighted by Gasteiger charge is 2.13. The summed E-state index contributed by atoms with van der Waals surface area (Å²) in [5.74, 6) is 1.16. The van der Waals surface area contributed by atoms with Crippen LogP contribution in [0.5, 0.6) is 0 Å². The molecule has 2 aromatic rings. The fraction of sp³-hybridized carbons (Fsp3) is 0.421. The summed E-state index contributed by atoms with van der Waals surface area (Å²) in [6, 6.07) is 10.5. The van der Waals surface area contributed by atoms with E-state index in [1.54, 1.807) is 24.3 Å². The van der Waals surface area contributed by atoms with Crippen LogP contribution < -0.4 is 5.32 Å². The number of carbonyl (C=O) groups is 1. The molecule has 1 aromatic carbocycles. The van der Waals surface area contributed by atoms with Crippen LogP contribution in [0.3, 0.4) is 0 Å². The maximum atomic E-state index is 12.2. The molecule has 0 aliphatic heterocycles. The van der Waals surface area contributed by atoms with Gasteiger partial charge < -0.3 is 14.5 Å². The molecule has 142 valence electrons. The van der Waals surface area contributed by atoms with Crippen molar-refractivity contribution in [3.05, 3.63) is 58.5 Å². The second-order valence-electron chi connectivity index (χ2n) is 6.15. The van der Waals surface area contributed by atoms with E-state index in [0.29, 0.717) is 29.7 Å². The van der Waals surface area contributed by atoms with E-state index in [-0.39, 0.29) is 23.5 Å². The van der Waals surface area contributed by atoms with Gasteiger partial charge in [-0.25, -0.2) is 0 Å². The molecule has 1 atom stereocenters. The molecular weight excluding hydrogens is 374 g/mol. The molecule has 1 unspecified atom stereocenters. The molecule has 0 aliphatic carbocycles. The van der Waals surface area contributed by atoms with E-state index in [1.165, 1.54) is 0 Å². The monoisotopic (exact) mass is 397 g/mol. The number of hydrogen-bond acceptors (Lipinski definition) is 4. The molecule has 0 aliphatic rings. The zero-order valence-corrected chi connectivity index (χ0v) is 16.6. The number of halogens is 1. The van der Waals surface area contributed by atoms with Gasteiger partial charge in [-0.15, -0.1) is 0 Å². The molecule has 1 aromatic heterocycles. The lowest BCUT2D eigenvalue weighted by molar-refractivity contribution is 0.0753. The van der Waals surface area contributed by atoms with Gasteiger partial charge in [0.1, 0.15) is 5.76 Å². The maximum absolute atomic E-state index is 12.2. The van der Waals surface area contributed by atoms with E-state index >= 15 is 0 Å². The average Bonchev–Trinajstić information content (AvgIpc) is 3.04. The molecule has 5 nitrogen and oxygen atoms in total. The molecule has 0 spiro atoms. The van der Waals surface area contributed by atoms with Crippen LogP contribution in [0.1, 0.15) is 42.1 Å². The fourth-order valence-corrected chi connectivity index (χ4v) is 3.50. The highest BCUT2D eigenvalue weighted by atomic mass is 35.5. The van der Waals surface area contributed by atoms with Crippen molar-refractivity contribution in [2.24, 2.45) is 0 Å². The first-order valence-corrected chi connectivity index (χ1v) is 10.4. The molecule has 0 radical (unpaired) electrons. The van der Waals surface area contributed by atoms with E-state index in [9.17, 15) is 9.00 Å². The number of benzene rings is 1. The summed E-state index contributed by atoms with van der Waals surface area (Å²) in [7, 11) is -1.13. The van der Waals surface area contributed by atoms with Gasteiger partial charge in [0.25, 0.3) is 5.91 Å². The normalized spacial score (nSPS) is 12.3. The summed E-state index contributed by atoms with van der Waals surface area (Å²) in [5, 5.41) is 3.43. The molecular formula is C19H24ClNO4S. The third-order valence-corrected chi connectivity index (χ3v) is 5.00. The zero-order chi connectivity index (χ0) is 18.9. The van der Waals surface area contributed by atoms with Crippen molar-refractivity contribution in [3.8, 4) is 0 Å². The average molecular weight is 398 g/mol. The van der Waals surface area contributed by atoms with Gasteiger partial charge in [-0.1, -0.05) is 23.7 Å². The Balaban J connectivity index is 1.76. The lowest BCUT2D eigenvalue weighted by atomic mass is 10.2. The van der Waals surface area contributed by atoms with Gasteiger partial charge in [0.15, 0.2) is 5.76 Å². The van der Waals surface area contributed by atoms with Crippen molar-refractivity contribution in [2.45, 2.75) is 37.9 Å². The summed E-state index contributed by atoms with van der Waals surface area (Å²) < 4.78 is 23.2. The Hall–Kier alpha value is -1.63. The minimum Gasteiger partial charge on any atom is -0.455 e. The molecule has 1 N–H and O–H groups in total. The van der Waals surface area contributed by atoms with Crippen molar-refractivity contribution in [3.63, 3.8) is 0 Å². The number of nitrogens with one attached hydrogen (secondary N) is 1. The van der Waals surface area contributed by atoms with Crippen LogP contribution in [0.25, 0.3) is 0 Å². The van der Waals surface area contributed by atoms with E-state index in [1.807, 2.05) is 26.0 Å². The predicted molar refractivity (Wildman–Crippen MR) is 104 cm³/mol. The number of hydrogen-bond donors (Lipinski definition) is 1. The number of ether oxygens (including phenoxy) is 1. The first-order chi connectivity index (χ1) is 12.4. The third kappa shape index (κ3) is 7.32. The Bertz CT molecular complexity index is 727. The van der Waals surface area contributed by atoms with Gasteiger partial charge in [0.05, 0.1) is 11.9 Å². The Kier molecular flexibility index (Phi) is 8.35. The van der Waals surface area contributed by atoms with Gasteiger partial charge in [0.2, 0.25) is 0 Å². The van der Waals surface area contributed by atoms with E-state index in [0.717, 1.165) is 12.0 Å². The summed E-state index contributed by atoms with van der Waals surface area (Å²) in [6.07, 6.45) is 0.926. The van der Waals surface area contributed by atoms with Crippen molar-refractivity contribution < 1.29 is 18.2 Å². The molecule has 0 fully saturated rings. The quantitative estimate of drug-likeness (QED) is 0.617. The van der Waals surface area contributed by atoms with Gasteiger partial charge >= 0.3 is 0 Å². The van der Waals surface area contributed by atoms with E-state index in [4.69, 9.17) is 20.8 Å². The first kappa shape index (κ1) is 20.7. The van der Waals surface area contributed by atoms with Crippen LogP contribution in [-0.4, -0.2) is 29.4 Å². The maximum Gasteiger partial charge on any atom is 0.286 e. The largest absolute Gasteiger partial charge is 0.455 e. The second-order valence-corrected chi connectivity index (χ2v) is 8.04. The number of furan rings is 1. The zero-order valence-electron chi connectivity index (χ0n) is 15.0. The van der Waals surface area contributed by atoms with Crippen molar-refractivity contribution in [2.75, 3.05) is 13.2 Å². The molecule has 1 amide bonds. The lowest BCUT2D eigenvalue weighted by Crippen LogP contribution is -2.25. The smallest absolute Gasteiger partial charge is 0.286 e. The Labute approximate surface area is 161 Å². The molecule has 0 saturated carbocycles. The Morgan fingerprint density at radius 3 is 2.62 bits per heavy atom. The SMILES string of the molecule is CC(C)OCCCNC(=O)c1ccc(CS(=O)Cc2ccc(Cl)cc2)o1. The van der Waals surface area contributed by atoms with Gasteiger partial charge in [-0.2, -0.15) is 0 Å². The number of rotatable bonds is 10. The molecule has 7 heteroatoms. The van der Waals surface area contributed by atoms with Crippen molar-refractivity contribution >= 4 is 28.3 Å². The topological polar surface area (TPSA) is 68.5 Å². The van der Waals surface area contributed by atoms with Crippen molar-refractivity contribution in [1.82, 2.24) is 5.32 Å². The van der Waals surface area contributed by atoms with E-state index < -0.39 is 10.8 Å². The molecule has 0 bridgehead atoms. The summed E-state index contributed by atoms with van der Waals surface area (Å²) in [6.45, 7) is 5.06. The predicted octanol–water partition coefficient (Wildman–Crippen LogP) is 3.93. The van der Waals surface area contributed by atoms with E-state index in [2.05, 4.69) is 5.32 Å². The van der Waals surface area contributed by atoms with Crippen molar-refractivity contribution in [1.29, 1.82) is 0 Å². The van der Waals surface area contributed by atoms with Gasteiger partial charge in [-0.05, 0) is 50.1 Å². The second kappa shape index (κ2) is 10.5. The van der Waals surface area contributed by atoms with Crippen LogP contribution in [0, 0.1) is 0 Å². The van der Waals surface area contributed by atoms with Crippen LogP contribution in [0.4, 0.5) is 0 Å². The number of amides is 1. The fourth-order valence-electron chi connectivity index (χ4n) is 2.23. The van der Waals surface area contributed by atoms with Crippen LogP contribution in [0.2, 0.25) is 5.02 Å². The Morgan fingerprint density at radius 1 is 1.19 bits per heavy atom. The van der Waals surface area contributed by atoms with Crippen LogP contribution in [-0.2, 0) is 27.0 Å². The van der Waals surface area contributed by atoms with Crippen LogP contribution in [0.15, 0.2) is 40.8 Å².